The monoisotopic (exact) mass is 344 g/mol. The van der Waals surface area contributed by atoms with E-state index in [1.165, 1.54) is 18.1 Å². The van der Waals surface area contributed by atoms with Gasteiger partial charge in [0.25, 0.3) is 0 Å². The first-order chi connectivity index (χ1) is 12.1. The number of carbonyl (C=O) groups excluding carboxylic acids is 2. The Morgan fingerprint density at radius 3 is 2.52 bits per heavy atom. The van der Waals surface area contributed by atoms with Crippen LogP contribution in [-0.4, -0.2) is 36.9 Å². The molecule has 2 aliphatic carbocycles. The first-order valence-corrected chi connectivity index (χ1v) is 8.67. The quantitative estimate of drug-likeness (QED) is 0.485. The summed E-state index contributed by atoms with van der Waals surface area (Å²) in [4.78, 5) is 26.5. The Morgan fingerprint density at radius 1 is 1.20 bits per heavy atom. The molecule has 1 heterocycles. The van der Waals surface area contributed by atoms with Crippen molar-refractivity contribution in [3.8, 4) is 5.75 Å². The van der Waals surface area contributed by atoms with Gasteiger partial charge in [0, 0.05) is 19.6 Å². The zero-order valence-electron chi connectivity index (χ0n) is 14.1. The highest BCUT2D eigenvalue weighted by Gasteiger charge is 2.58. The van der Waals surface area contributed by atoms with E-state index in [0.29, 0.717) is 19.6 Å². The predicted octanol–water partition coefficient (Wildman–Crippen LogP) is 1.73. The Labute approximate surface area is 145 Å². The van der Waals surface area contributed by atoms with Crippen molar-refractivity contribution in [3.63, 3.8) is 0 Å². The Bertz CT molecular complexity index is 718. The maximum absolute atomic E-state index is 13.4. The van der Waals surface area contributed by atoms with Crippen molar-refractivity contribution in [2.45, 2.75) is 13.0 Å². The van der Waals surface area contributed by atoms with Crippen molar-refractivity contribution in [1.82, 2.24) is 10.2 Å². The fourth-order valence-electron chi connectivity index (χ4n) is 4.42. The average Bonchev–Trinajstić information content (AvgIpc) is 3.28. The molecule has 4 atom stereocenters. The molecule has 0 radical (unpaired) electrons. The molecule has 1 saturated carbocycles. The minimum absolute atomic E-state index is 0.0166. The van der Waals surface area contributed by atoms with Crippen molar-refractivity contribution in [2.24, 2.45) is 23.7 Å². The fraction of sp³-hybridized carbons (Fsp3) is 0.474. The summed E-state index contributed by atoms with van der Waals surface area (Å²) >= 11 is 0. The molecule has 4 rings (SSSR count). The molecular weight excluding hydrogens is 323 g/mol. The number of benzene rings is 1. The van der Waals surface area contributed by atoms with Crippen molar-refractivity contribution in [1.29, 1.82) is 0 Å². The summed E-state index contributed by atoms with van der Waals surface area (Å²) in [5.41, 5.74) is 0.886. The van der Waals surface area contributed by atoms with Crippen LogP contribution in [0.2, 0.25) is 0 Å². The van der Waals surface area contributed by atoms with E-state index in [9.17, 15) is 14.0 Å². The second-order valence-corrected chi connectivity index (χ2v) is 6.97. The summed E-state index contributed by atoms with van der Waals surface area (Å²) in [5, 5.41) is 3.20. The molecule has 1 N–H and O–H groups in total. The molecule has 0 spiro atoms. The minimum Gasteiger partial charge on any atom is -0.494 e. The number of ether oxygens (including phenoxy) is 1. The highest BCUT2D eigenvalue weighted by atomic mass is 19.1. The van der Waals surface area contributed by atoms with Gasteiger partial charge in [0.15, 0.2) is 11.6 Å². The van der Waals surface area contributed by atoms with Crippen molar-refractivity contribution in [3.05, 3.63) is 41.7 Å². The molecule has 2 amide bonds. The summed E-state index contributed by atoms with van der Waals surface area (Å²) in [6.07, 6.45) is 5.15. The van der Waals surface area contributed by atoms with Crippen LogP contribution in [0.15, 0.2) is 30.4 Å². The van der Waals surface area contributed by atoms with Crippen LogP contribution in [-0.2, 0) is 16.1 Å². The molecule has 2 fully saturated rings. The number of halogens is 1. The van der Waals surface area contributed by atoms with Crippen LogP contribution < -0.4 is 10.1 Å². The van der Waals surface area contributed by atoms with Gasteiger partial charge in [-0.2, -0.15) is 0 Å². The molecule has 1 aliphatic heterocycles. The zero-order chi connectivity index (χ0) is 17.6. The lowest BCUT2D eigenvalue weighted by Gasteiger charge is -2.17. The smallest absolute Gasteiger partial charge is 0.233 e. The number of rotatable bonds is 6. The summed E-state index contributed by atoms with van der Waals surface area (Å²) < 4.78 is 18.4. The van der Waals surface area contributed by atoms with Crippen LogP contribution in [0.25, 0.3) is 0 Å². The molecule has 2 bridgehead atoms. The van der Waals surface area contributed by atoms with Crippen LogP contribution in [0, 0.1) is 29.5 Å². The van der Waals surface area contributed by atoms with E-state index in [4.69, 9.17) is 4.74 Å². The molecule has 6 heteroatoms. The van der Waals surface area contributed by atoms with Gasteiger partial charge in [0.1, 0.15) is 0 Å². The first kappa shape index (κ1) is 16.3. The third-order valence-electron chi connectivity index (χ3n) is 5.62. The second kappa shape index (κ2) is 6.26. The van der Waals surface area contributed by atoms with Crippen LogP contribution in [0.1, 0.15) is 12.0 Å². The van der Waals surface area contributed by atoms with Gasteiger partial charge in [0.2, 0.25) is 11.8 Å². The van der Waals surface area contributed by atoms with Crippen LogP contribution >= 0.6 is 0 Å². The lowest BCUT2D eigenvalue weighted by molar-refractivity contribution is -0.140. The van der Waals surface area contributed by atoms with Crippen LogP contribution in [0.3, 0.4) is 0 Å². The van der Waals surface area contributed by atoms with Crippen molar-refractivity contribution in [2.75, 3.05) is 20.2 Å². The maximum atomic E-state index is 13.4. The number of nitrogens with zero attached hydrogens (tertiary/aromatic N) is 1. The van der Waals surface area contributed by atoms with Crippen LogP contribution in [0.4, 0.5) is 4.39 Å². The van der Waals surface area contributed by atoms with Gasteiger partial charge in [-0.1, -0.05) is 18.2 Å². The van der Waals surface area contributed by atoms with Gasteiger partial charge in [0.05, 0.1) is 18.9 Å². The number of likely N-dealkylation sites (tertiary alicyclic amines) is 1. The lowest BCUT2D eigenvalue weighted by Crippen LogP contribution is -2.38. The molecule has 0 unspecified atom stereocenters. The van der Waals surface area contributed by atoms with E-state index in [-0.39, 0.29) is 41.2 Å². The molecule has 0 aromatic heterocycles. The molecule has 3 aliphatic rings. The second-order valence-electron chi connectivity index (χ2n) is 6.97. The van der Waals surface area contributed by atoms with Gasteiger partial charge >= 0.3 is 0 Å². The predicted molar refractivity (Wildman–Crippen MR) is 89.1 cm³/mol. The summed E-state index contributed by atoms with van der Waals surface area (Å²) in [6.45, 7) is 1.41. The molecule has 1 saturated heterocycles. The molecule has 1 aromatic rings. The van der Waals surface area contributed by atoms with E-state index in [0.717, 1.165) is 12.0 Å². The zero-order valence-corrected chi connectivity index (χ0v) is 14.1. The standard InChI is InChI=1S/C19H21FN2O3/c1-25-15-8-11(2-5-14(15)20)10-21-6-7-22-18(23)16-12-3-4-13(9-12)17(16)19(22)24/h2-5,8,12-13,16-17,21H,6-7,9-10H2,1H3/t12-,13-,16-,17-/m0/s1. The number of nitrogens with one attached hydrogen (secondary N) is 1. The summed E-state index contributed by atoms with van der Waals surface area (Å²) in [7, 11) is 1.43. The number of hydrogen-bond donors (Lipinski definition) is 1. The third-order valence-corrected chi connectivity index (χ3v) is 5.62. The maximum Gasteiger partial charge on any atom is 0.233 e. The van der Waals surface area contributed by atoms with Crippen LogP contribution in [0.5, 0.6) is 5.75 Å². The van der Waals surface area contributed by atoms with Gasteiger partial charge in [-0.05, 0) is 36.0 Å². The number of fused-ring (bicyclic) bond motifs is 5. The Kier molecular flexibility index (Phi) is 4.07. The van der Waals surface area contributed by atoms with E-state index >= 15 is 0 Å². The molecule has 5 nitrogen and oxygen atoms in total. The largest absolute Gasteiger partial charge is 0.494 e. The Balaban J connectivity index is 1.31. The third kappa shape index (κ3) is 2.65. The minimum atomic E-state index is -0.394. The Morgan fingerprint density at radius 2 is 1.88 bits per heavy atom. The highest BCUT2D eigenvalue weighted by molar-refractivity contribution is 6.06. The van der Waals surface area contributed by atoms with E-state index in [1.807, 2.05) is 0 Å². The lowest BCUT2D eigenvalue weighted by atomic mass is 9.85. The van der Waals surface area contributed by atoms with Gasteiger partial charge in [-0.3, -0.25) is 14.5 Å². The number of allylic oxidation sites excluding steroid dienone is 2. The van der Waals surface area contributed by atoms with Gasteiger partial charge in [-0.15, -0.1) is 0 Å². The highest BCUT2D eigenvalue weighted by Crippen LogP contribution is 2.52. The number of imide groups is 1. The summed E-state index contributed by atoms with van der Waals surface area (Å²) in [6, 6.07) is 4.69. The summed E-state index contributed by atoms with van der Waals surface area (Å²) in [5.74, 6) is 0.00314. The molecule has 132 valence electrons. The van der Waals surface area contributed by atoms with Gasteiger partial charge < -0.3 is 10.1 Å². The van der Waals surface area contributed by atoms with E-state index in [2.05, 4.69) is 17.5 Å². The first-order valence-electron chi connectivity index (χ1n) is 8.67. The SMILES string of the molecule is COc1cc(CNCCN2C(=O)[C@@H]3[C@@H](C2=O)[C@H]2C=C[C@H]3C2)ccc1F. The van der Waals surface area contributed by atoms with E-state index < -0.39 is 5.82 Å². The van der Waals surface area contributed by atoms with E-state index in [1.54, 1.807) is 12.1 Å². The normalized spacial score (nSPS) is 29.6. The van der Waals surface area contributed by atoms with Gasteiger partial charge in [-0.25, -0.2) is 4.39 Å². The molecule has 25 heavy (non-hydrogen) atoms. The average molecular weight is 344 g/mol. The number of amides is 2. The van der Waals surface area contributed by atoms with Crippen molar-refractivity contribution < 1.29 is 18.7 Å². The molecule has 1 aromatic carbocycles. The van der Waals surface area contributed by atoms with Crippen molar-refractivity contribution >= 4 is 11.8 Å². The topological polar surface area (TPSA) is 58.6 Å². The number of hydrogen-bond acceptors (Lipinski definition) is 4. The molecular formula is C19H21FN2O3. The fourth-order valence-corrected chi connectivity index (χ4v) is 4.42. The number of methoxy groups -OCH3 is 1. The number of carbonyl (C=O) groups is 2. The Hall–Kier alpha value is -2.21.